The van der Waals surface area contributed by atoms with E-state index in [0.717, 1.165) is 12.3 Å². The molecule has 7 heteroatoms. The first kappa shape index (κ1) is 12.2. The third-order valence-corrected chi connectivity index (χ3v) is 2.48. The van der Waals surface area contributed by atoms with E-state index < -0.39 is 23.2 Å². The van der Waals surface area contributed by atoms with Crippen molar-refractivity contribution in [1.29, 1.82) is 0 Å². The van der Waals surface area contributed by atoms with Gasteiger partial charge in [-0.15, -0.1) is 0 Å². The minimum Gasteiger partial charge on any atom is -0.338 e. The van der Waals surface area contributed by atoms with Crippen molar-refractivity contribution in [3.05, 3.63) is 40.8 Å². The lowest BCUT2D eigenvalue weighted by molar-refractivity contribution is 0.101. The average molecular weight is 253 g/mol. The quantitative estimate of drug-likeness (QED) is 0.833. The van der Waals surface area contributed by atoms with E-state index in [1.165, 1.54) is 0 Å². The van der Waals surface area contributed by atoms with E-state index in [1.54, 1.807) is 13.8 Å². The zero-order valence-electron chi connectivity index (χ0n) is 9.62. The summed E-state index contributed by atoms with van der Waals surface area (Å²) in [6, 6.07) is 1.08. The lowest BCUT2D eigenvalue weighted by atomic mass is 10.2. The van der Waals surface area contributed by atoms with Gasteiger partial charge in [0.1, 0.15) is 0 Å². The molecule has 1 N–H and O–H groups in total. The van der Waals surface area contributed by atoms with E-state index in [-0.39, 0.29) is 5.88 Å². The van der Waals surface area contributed by atoms with Crippen molar-refractivity contribution in [3.8, 4) is 0 Å². The smallest absolute Gasteiger partial charge is 0.261 e. The number of pyridine rings is 1. The molecule has 1 amide bonds. The Labute approximate surface area is 101 Å². The second-order valence-electron chi connectivity index (χ2n) is 3.64. The van der Waals surface area contributed by atoms with Gasteiger partial charge in [0.15, 0.2) is 5.82 Å². The van der Waals surface area contributed by atoms with Crippen LogP contribution in [-0.2, 0) is 0 Å². The Balaban J connectivity index is 2.28. The summed E-state index contributed by atoms with van der Waals surface area (Å²) in [5.41, 5.74) is 0.779. The van der Waals surface area contributed by atoms with Gasteiger partial charge in [-0.2, -0.15) is 4.39 Å². The van der Waals surface area contributed by atoms with Crippen LogP contribution >= 0.6 is 0 Å². The molecule has 2 aromatic heterocycles. The normalized spacial score (nSPS) is 10.4. The number of hydrogen-bond donors (Lipinski definition) is 1. The minimum atomic E-state index is -1.33. The van der Waals surface area contributed by atoms with Gasteiger partial charge in [-0.05, 0) is 19.9 Å². The van der Waals surface area contributed by atoms with Gasteiger partial charge >= 0.3 is 0 Å². The summed E-state index contributed by atoms with van der Waals surface area (Å²) in [5, 5.41) is 5.95. The SMILES string of the molecule is Cc1noc(NC(=O)c2ccnc(F)c2F)c1C. The van der Waals surface area contributed by atoms with Crippen LogP contribution in [-0.4, -0.2) is 16.0 Å². The Bertz CT molecular complexity index is 610. The number of aryl methyl sites for hydroxylation is 1. The molecule has 0 fully saturated rings. The highest BCUT2D eigenvalue weighted by atomic mass is 19.2. The molecular weight excluding hydrogens is 244 g/mol. The third kappa shape index (κ3) is 2.06. The fourth-order valence-electron chi connectivity index (χ4n) is 1.30. The van der Waals surface area contributed by atoms with Gasteiger partial charge in [-0.3, -0.25) is 10.1 Å². The molecule has 0 atom stereocenters. The molecule has 0 bridgehead atoms. The largest absolute Gasteiger partial charge is 0.338 e. The number of carbonyl (C=O) groups is 1. The zero-order valence-corrected chi connectivity index (χ0v) is 9.62. The van der Waals surface area contributed by atoms with E-state index in [1.807, 2.05) is 0 Å². The molecule has 0 unspecified atom stereocenters. The number of nitrogens with one attached hydrogen (secondary N) is 1. The summed E-state index contributed by atoms with van der Waals surface area (Å²) in [6.07, 6.45) is 1.01. The van der Waals surface area contributed by atoms with Crippen LogP contribution in [0.1, 0.15) is 21.6 Å². The van der Waals surface area contributed by atoms with Gasteiger partial charge in [-0.1, -0.05) is 5.16 Å². The summed E-state index contributed by atoms with van der Waals surface area (Å²) >= 11 is 0. The van der Waals surface area contributed by atoms with E-state index in [9.17, 15) is 13.6 Å². The highest BCUT2D eigenvalue weighted by Gasteiger charge is 2.18. The molecule has 0 spiro atoms. The first-order valence-electron chi connectivity index (χ1n) is 5.05. The maximum absolute atomic E-state index is 13.3. The van der Waals surface area contributed by atoms with Crippen LogP contribution in [0.15, 0.2) is 16.8 Å². The van der Waals surface area contributed by atoms with Gasteiger partial charge in [0.2, 0.25) is 11.8 Å². The van der Waals surface area contributed by atoms with Crippen molar-refractivity contribution in [2.45, 2.75) is 13.8 Å². The van der Waals surface area contributed by atoms with Crippen LogP contribution in [0.5, 0.6) is 0 Å². The summed E-state index contributed by atoms with van der Waals surface area (Å²) in [6.45, 7) is 3.38. The number of hydrogen-bond acceptors (Lipinski definition) is 4. The molecule has 0 aliphatic carbocycles. The number of carbonyl (C=O) groups excluding carboxylic acids is 1. The van der Waals surface area contributed by atoms with Crippen molar-refractivity contribution in [2.75, 3.05) is 5.32 Å². The molecule has 0 saturated heterocycles. The first-order chi connectivity index (χ1) is 8.50. The summed E-state index contributed by atoms with van der Waals surface area (Å²) in [7, 11) is 0. The van der Waals surface area contributed by atoms with Crippen LogP contribution in [0.2, 0.25) is 0 Å². The molecule has 0 aromatic carbocycles. The zero-order chi connectivity index (χ0) is 13.3. The summed E-state index contributed by atoms with van der Waals surface area (Å²) in [4.78, 5) is 14.8. The number of rotatable bonds is 2. The predicted molar refractivity (Wildman–Crippen MR) is 58.1 cm³/mol. The van der Waals surface area contributed by atoms with E-state index in [0.29, 0.717) is 11.3 Å². The number of nitrogens with zero attached hydrogens (tertiary/aromatic N) is 2. The molecule has 5 nitrogen and oxygen atoms in total. The molecule has 2 aromatic rings. The number of aromatic nitrogens is 2. The van der Waals surface area contributed by atoms with Gasteiger partial charge in [0.25, 0.3) is 5.91 Å². The van der Waals surface area contributed by atoms with Crippen molar-refractivity contribution >= 4 is 11.8 Å². The van der Waals surface area contributed by atoms with Crippen molar-refractivity contribution in [3.63, 3.8) is 0 Å². The van der Waals surface area contributed by atoms with Gasteiger partial charge in [0.05, 0.1) is 11.3 Å². The third-order valence-electron chi connectivity index (χ3n) is 2.48. The monoisotopic (exact) mass is 253 g/mol. The highest BCUT2D eigenvalue weighted by molar-refractivity contribution is 6.03. The molecule has 2 rings (SSSR count). The van der Waals surface area contributed by atoms with Crippen molar-refractivity contribution in [2.24, 2.45) is 0 Å². The molecule has 0 aliphatic heterocycles. The number of halogens is 2. The maximum Gasteiger partial charge on any atom is 0.261 e. The fraction of sp³-hybridized carbons (Fsp3) is 0.182. The van der Waals surface area contributed by atoms with E-state index >= 15 is 0 Å². The van der Waals surface area contributed by atoms with Crippen LogP contribution in [0.25, 0.3) is 0 Å². The van der Waals surface area contributed by atoms with E-state index in [2.05, 4.69) is 15.5 Å². The average Bonchev–Trinajstić information content (AvgIpc) is 2.64. The Kier molecular flexibility index (Phi) is 3.05. The predicted octanol–water partition coefficient (Wildman–Crippen LogP) is 2.22. The van der Waals surface area contributed by atoms with E-state index in [4.69, 9.17) is 4.52 Å². The lowest BCUT2D eigenvalue weighted by Gasteiger charge is -2.03. The molecule has 94 valence electrons. The summed E-state index contributed by atoms with van der Waals surface area (Å²) < 4.78 is 31.0. The molecule has 0 aliphatic rings. The Morgan fingerprint density at radius 2 is 2.11 bits per heavy atom. The molecule has 18 heavy (non-hydrogen) atoms. The highest BCUT2D eigenvalue weighted by Crippen LogP contribution is 2.19. The maximum atomic E-state index is 13.3. The Morgan fingerprint density at radius 3 is 2.72 bits per heavy atom. The van der Waals surface area contributed by atoms with Crippen LogP contribution in [0, 0.1) is 25.6 Å². The Morgan fingerprint density at radius 1 is 1.39 bits per heavy atom. The second kappa shape index (κ2) is 4.52. The van der Waals surface area contributed by atoms with Gasteiger partial charge < -0.3 is 4.52 Å². The lowest BCUT2D eigenvalue weighted by Crippen LogP contribution is -2.15. The molecule has 0 saturated carbocycles. The molecular formula is C11H9F2N3O2. The second-order valence-corrected chi connectivity index (χ2v) is 3.64. The standard InChI is InChI=1S/C11H9F2N3O2/c1-5-6(2)16-18-11(5)15-10(17)7-3-4-14-9(13)8(7)12/h3-4H,1-2H3,(H,15,17). The van der Waals surface area contributed by atoms with Crippen molar-refractivity contribution in [1.82, 2.24) is 10.1 Å². The van der Waals surface area contributed by atoms with Gasteiger partial charge in [0, 0.05) is 11.8 Å². The molecule has 0 radical (unpaired) electrons. The van der Waals surface area contributed by atoms with Gasteiger partial charge in [-0.25, -0.2) is 9.37 Å². The van der Waals surface area contributed by atoms with Crippen LogP contribution in [0.4, 0.5) is 14.7 Å². The van der Waals surface area contributed by atoms with Crippen LogP contribution < -0.4 is 5.32 Å². The minimum absolute atomic E-state index is 0.106. The first-order valence-corrected chi connectivity index (χ1v) is 5.05. The topological polar surface area (TPSA) is 68.0 Å². The summed E-state index contributed by atoms with van der Waals surface area (Å²) in [5.74, 6) is -3.35. The number of anilines is 1. The van der Waals surface area contributed by atoms with Crippen molar-refractivity contribution < 1.29 is 18.1 Å². The van der Waals surface area contributed by atoms with Crippen LogP contribution in [0.3, 0.4) is 0 Å². The Hall–Kier alpha value is -2.31. The number of amides is 1. The molecule has 2 heterocycles. The fourth-order valence-corrected chi connectivity index (χ4v) is 1.30.